The third-order valence-electron chi connectivity index (χ3n) is 2.92. The molecule has 1 aromatic carbocycles. The fraction of sp³-hybridized carbons (Fsp3) is 0.438. The largest absolute Gasteiger partial charge is 0.382 e. The lowest BCUT2D eigenvalue weighted by Crippen LogP contribution is -2.21. The number of rotatable bonds is 5. The molecule has 1 unspecified atom stereocenters. The Morgan fingerprint density at radius 2 is 2.05 bits per heavy atom. The first-order chi connectivity index (χ1) is 9.10. The second-order valence-corrected chi connectivity index (χ2v) is 7.47. The number of primary amides is 1. The van der Waals surface area contributed by atoms with Gasteiger partial charge in [0.25, 0.3) is 0 Å². The zero-order chi connectivity index (χ0) is 15.5. The SMILES string of the molecule is C=C(CC(C)(C)C)NC(C)c1ccc(C(N)=O)c(I)c1. The average Bonchev–Trinajstić information content (AvgIpc) is 2.25. The van der Waals surface area contributed by atoms with Crippen molar-refractivity contribution in [2.45, 2.75) is 40.2 Å². The maximum absolute atomic E-state index is 11.2. The lowest BCUT2D eigenvalue weighted by atomic mass is 9.90. The van der Waals surface area contributed by atoms with Crippen molar-refractivity contribution in [2.75, 3.05) is 0 Å². The standard InChI is InChI=1S/C16H23IN2O/c1-10(9-16(3,4)5)19-11(2)12-6-7-13(15(18)20)14(17)8-12/h6-8,11,19H,1,9H2,2-5H3,(H2,18,20). The highest BCUT2D eigenvalue weighted by atomic mass is 127. The predicted octanol–water partition coefficient (Wildman–Crippen LogP) is 3.99. The minimum atomic E-state index is -0.390. The Bertz CT molecular complexity index is 518. The number of benzene rings is 1. The number of carbonyl (C=O) groups is 1. The van der Waals surface area contributed by atoms with Crippen LogP contribution in [0.25, 0.3) is 0 Å². The number of allylic oxidation sites excluding steroid dienone is 1. The third-order valence-corrected chi connectivity index (χ3v) is 3.82. The molecule has 1 aromatic rings. The van der Waals surface area contributed by atoms with E-state index in [0.29, 0.717) is 5.56 Å². The van der Waals surface area contributed by atoms with Crippen molar-refractivity contribution in [3.05, 3.63) is 45.2 Å². The first kappa shape index (κ1) is 17.0. The second kappa shape index (κ2) is 6.61. The zero-order valence-electron chi connectivity index (χ0n) is 12.6. The predicted molar refractivity (Wildman–Crippen MR) is 92.4 cm³/mol. The molecule has 0 aromatic heterocycles. The molecule has 3 N–H and O–H groups in total. The van der Waals surface area contributed by atoms with Crippen molar-refractivity contribution in [3.63, 3.8) is 0 Å². The molecule has 0 saturated carbocycles. The molecule has 0 aliphatic carbocycles. The van der Waals surface area contributed by atoms with Crippen molar-refractivity contribution in [3.8, 4) is 0 Å². The van der Waals surface area contributed by atoms with Crippen molar-refractivity contribution in [1.29, 1.82) is 0 Å². The maximum atomic E-state index is 11.2. The summed E-state index contributed by atoms with van der Waals surface area (Å²) < 4.78 is 0.877. The van der Waals surface area contributed by atoms with Crippen LogP contribution in [0.2, 0.25) is 0 Å². The zero-order valence-corrected chi connectivity index (χ0v) is 14.7. The van der Waals surface area contributed by atoms with E-state index in [4.69, 9.17) is 5.73 Å². The summed E-state index contributed by atoms with van der Waals surface area (Å²) in [7, 11) is 0. The molecule has 0 radical (unpaired) electrons. The van der Waals surface area contributed by atoms with Gasteiger partial charge in [0.15, 0.2) is 0 Å². The molecular weight excluding hydrogens is 363 g/mol. The number of nitrogens with one attached hydrogen (secondary N) is 1. The number of nitrogens with two attached hydrogens (primary N) is 1. The normalized spacial score (nSPS) is 12.8. The summed E-state index contributed by atoms with van der Waals surface area (Å²) in [5.74, 6) is -0.390. The van der Waals surface area contributed by atoms with Crippen LogP contribution in [0.3, 0.4) is 0 Å². The lowest BCUT2D eigenvalue weighted by molar-refractivity contribution is 0.0999. The summed E-state index contributed by atoms with van der Waals surface area (Å²) >= 11 is 2.14. The summed E-state index contributed by atoms with van der Waals surface area (Å²) in [6.07, 6.45) is 0.924. The van der Waals surface area contributed by atoms with E-state index in [1.165, 1.54) is 0 Å². The van der Waals surface area contributed by atoms with E-state index in [2.05, 4.69) is 62.2 Å². The van der Waals surface area contributed by atoms with Gasteiger partial charge in [0.05, 0.1) is 5.56 Å². The number of amides is 1. The molecule has 110 valence electrons. The van der Waals surface area contributed by atoms with Gasteiger partial charge in [-0.15, -0.1) is 0 Å². The fourth-order valence-electron chi connectivity index (χ4n) is 2.08. The van der Waals surface area contributed by atoms with Crippen LogP contribution in [-0.2, 0) is 0 Å². The maximum Gasteiger partial charge on any atom is 0.249 e. The van der Waals surface area contributed by atoms with E-state index < -0.39 is 5.91 Å². The average molecular weight is 386 g/mol. The molecule has 0 saturated heterocycles. The van der Waals surface area contributed by atoms with Gasteiger partial charge in [0.1, 0.15) is 0 Å². The molecule has 0 spiro atoms. The number of hydrogen-bond acceptors (Lipinski definition) is 2. The molecule has 0 bridgehead atoms. The molecule has 0 fully saturated rings. The molecule has 4 heteroatoms. The van der Waals surface area contributed by atoms with Crippen LogP contribution >= 0.6 is 22.6 Å². The van der Waals surface area contributed by atoms with Crippen molar-refractivity contribution < 1.29 is 4.79 Å². The Balaban J connectivity index is 2.78. The van der Waals surface area contributed by atoms with Crippen LogP contribution in [0.15, 0.2) is 30.5 Å². The Morgan fingerprint density at radius 3 is 2.50 bits per heavy atom. The van der Waals surface area contributed by atoms with Gasteiger partial charge < -0.3 is 11.1 Å². The summed E-state index contributed by atoms with van der Waals surface area (Å²) in [5, 5.41) is 3.41. The van der Waals surface area contributed by atoms with Gasteiger partial charge in [0.2, 0.25) is 5.91 Å². The summed E-state index contributed by atoms with van der Waals surface area (Å²) in [5.41, 5.74) is 8.25. The highest BCUT2D eigenvalue weighted by Crippen LogP contribution is 2.25. The Morgan fingerprint density at radius 1 is 1.45 bits per heavy atom. The minimum absolute atomic E-state index is 0.153. The molecule has 0 heterocycles. The highest BCUT2D eigenvalue weighted by molar-refractivity contribution is 14.1. The van der Waals surface area contributed by atoms with Crippen molar-refractivity contribution in [1.82, 2.24) is 5.32 Å². The lowest BCUT2D eigenvalue weighted by Gasteiger charge is -2.24. The number of carbonyl (C=O) groups excluding carboxylic acids is 1. The highest BCUT2D eigenvalue weighted by Gasteiger charge is 2.15. The topological polar surface area (TPSA) is 55.1 Å². The monoisotopic (exact) mass is 386 g/mol. The molecular formula is C16H23IN2O. The summed E-state index contributed by atoms with van der Waals surface area (Å²) in [6.45, 7) is 12.7. The van der Waals surface area contributed by atoms with Crippen molar-refractivity contribution >= 4 is 28.5 Å². The molecule has 0 aliphatic rings. The Hall–Kier alpha value is -1.04. The van der Waals surface area contributed by atoms with Gasteiger partial charge in [-0.3, -0.25) is 4.79 Å². The second-order valence-electron chi connectivity index (χ2n) is 6.31. The summed E-state index contributed by atoms with van der Waals surface area (Å²) in [6, 6.07) is 5.86. The Kier molecular flexibility index (Phi) is 5.62. The van der Waals surface area contributed by atoms with Crippen LogP contribution < -0.4 is 11.1 Å². The van der Waals surface area contributed by atoms with E-state index in [9.17, 15) is 4.79 Å². The van der Waals surface area contributed by atoms with Gasteiger partial charge in [-0.05, 0) is 59.0 Å². The number of halogens is 1. The van der Waals surface area contributed by atoms with E-state index in [0.717, 1.165) is 21.3 Å². The van der Waals surface area contributed by atoms with E-state index in [-0.39, 0.29) is 11.5 Å². The smallest absolute Gasteiger partial charge is 0.249 e. The fourth-order valence-corrected chi connectivity index (χ4v) is 2.89. The third kappa shape index (κ3) is 5.15. The first-order valence-electron chi connectivity index (χ1n) is 6.64. The van der Waals surface area contributed by atoms with Crippen LogP contribution in [-0.4, -0.2) is 5.91 Å². The molecule has 1 amide bonds. The molecule has 1 atom stereocenters. The van der Waals surface area contributed by atoms with Crippen LogP contribution in [0.4, 0.5) is 0 Å². The van der Waals surface area contributed by atoms with Gasteiger partial charge in [-0.25, -0.2) is 0 Å². The van der Waals surface area contributed by atoms with E-state index >= 15 is 0 Å². The van der Waals surface area contributed by atoms with E-state index in [1.54, 1.807) is 6.07 Å². The van der Waals surface area contributed by atoms with Gasteiger partial charge >= 0.3 is 0 Å². The van der Waals surface area contributed by atoms with Crippen LogP contribution in [0.1, 0.15) is 56.1 Å². The molecule has 3 nitrogen and oxygen atoms in total. The van der Waals surface area contributed by atoms with E-state index in [1.807, 2.05) is 12.1 Å². The Labute approximate surface area is 135 Å². The van der Waals surface area contributed by atoms with Crippen LogP contribution in [0, 0.1) is 8.99 Å². The molecule has 1 rings (SSSR count). The first-order valence-corrected chi connectivity index (χ1v) is 7.71. The van der Waals surface area contributed by atoms with Crippen LogP contribution in [0.5, 0.6) is 0 Å². The minimum Gasteiger partial charge on any atom is -0.382 e. The van der Waals surface area contributed by atoms with Crippen molar-refractivity contribution in [2.24, 2.45) is 11.1 Å². The van der Waals surface area contributed by atoms with Gasteiger partial charge in [-0.2, -0.15) is 0 Å². The molecule has 20 heavy (non-hydrogen) atoms. The van der Waals surface area contributed by atoms with Gasteiger partial charge in [0, 0.05) is 15.3 Å². The summed E-state index contributed by atoms with van der Waals surface area (Å²) in [4.78, 5) is 11.2. The molecule has 0 aliphatic heterocycles. The quantitative estimate of drug-likeness (QED) is 0.752. The van der Waals surface area contributed by atoms with Gasteiger partial charge in [-0.1, -0.05) is 33.4 Å². The number of hydrogen-bond donors (Lipinski definition) is 2.